The maximum atomic E-state index is 12.2. The zero-order valence-corrected chi connectivity index (χ0v) is 15.6. The van der Waals surface area contributed by atoms with Crippen molar-refractivity contribution in [2.45, 2.75) is 24.2 Å². The molecule has 3 atom stereocenters. The Kier molecular flexibility index (Phi) is 6.14. The fourth-order valence-electron chi connectivity index (χ4n) is 2.85. The number of aliphatic hydroxyl groups is 2. The van der Waals surface area contributed by atoms with Crippen LogP contribution in [0.2, 0.25) is 0 Å². The molecule has 146 valence electrons. The summed E-state index contributed by atoms with van der Waals surface area (Å²) >= 11 is 6.09. The first-order valence-corrected chi connectivity index (χ1v) is 9.04. The predicted octanol–water partition coefficient (Wildman–Crippen LogP) is 2.69. The van der Waals surface area contributed by atoms with Crippen LogP contribution in [0.1, 0.15) is 27.1 Å². The second kappa shape index (κ2) is 8.56. The van der Waals surface area contributed by atoms with Crippen molar-refractivity contribution in [3.8, 4) is 0 Å². The van der Waals surface area contributed by atoms with Crippen molar-refractivity contribution in [3.05, 3.63) is 82.9 Å². The molecule has 0 heterocycles. The molecule has 3 rings (SSSR count). The van der Waals surface area contributed by atoms with E-state index in [1.54, 1.807) is 60.7 Å². The van der Waals surface area contributed by atoms with E-state index in [1.165, 1.54) is 6.08 Å². The second-order valence-corrected chi connectivity index (χ2v) is 6.82. The van der Waals surface area contributed by atoms with E-state index in [1.807, 2.05) is 0 Å². The van der Waals surface area contributed by atoms with Gasteiger partial charge in [0, 0.05) is 6.42 Å². The van der Waals surface area contributed by atoms with E-state index >= 15 is 0 Å². The Labute approximate surface area is 167 Å². The van der Waals surface area contributed by atoms with E-state index in [2.05, 4.69) is 0 Å². The van der Waals surface area contributed by atoms with E-state index in [4.69, 9.17) is 21.1 Å². The van der Waals surface area contributed by atoms with Crippen molar-refractivity contribution >= 4 is 23.5 Å². The van der Waals surface area contributed by atoms with Crippen LogP contribution in [-0.2, 0) is 9.47 Å². The van der Waals surface area contributed by atoms with E-state index < -0.39 is 36.4 Å². The fourth-order valence-corrected chi connectivity index (χ4v) is 3.11. The van der Waals surface area contributed by atoms with Crippen molar-refractivity contribution in [2.75, 3.05) is 6.61 Å². The molecule has 0 saturated carbocycles. The molecule has 0 aromatic heterocycles. The smallest absolute Gasteiger partial charge is 0.338 e. The van der Waals surface area contributed by atoms with Crippen LogP contribution in [0.4, 0.5) is 0 Å². The number of esters is 2. The molecule has 2 aromatic rings. The molecule has 0 bridgehead atoms. The topological polar surface area (TPSA) is 93.1 Å². The van der Waals surface area contributed by atoms with Crippen LogP contribution in [0, 0.1) is 0 Å². The van der Waals surface area contributed by atoms with Crippen molar-refractivity contribution in [3.63, 3.8) is 0 Å². The average molecular weight is 403 g/mol. The monoisotopic (exact) mass is 402 g/mol. The maximum absolute atomic E-state index is 12.2. The summed E-state index contributed by atoms with van der Waals surface area (Å²) in [4.78, 5) is 24.4. The normalized spacial score (nSPS) is 24.2. The SMILES string of the molecule is O=C(OC[C@@]1(O)C(Cl)=CC[C@@H](OC(=O)c2ccccc2)[C@@H]1O)c1ccccc1. The lowest BCUT2D eigenvalue weighted by Crippen LogP contribution is -2.56. The van der Waals surface area contributed by atoms with Crippen molar-refractivity contribution in [1.29, 1.82) is 0 Å². The first kappa shape index (κ1) is 20.1. The summed E-state index contributed by atoms with van der Waals surface area (Å²) in [5.41, 5.74) is -1.47. The largest absolute Gasteiger partial charge is 0.459 e. The number of hydrogen-bond acceptors (Lipinski definition) is 6. The van der Waals surface area contributed by atoms with E-state index in [-0.39, 0.29) is 11.5 Å². The van der Waals surface area contributed by atoms with Crippen LogP contribution in [0.5, 0.6) is 0 Å². The molecule has 1 aliphatic rings. The van der Waals surface area contributed by atoms with Gasteiger partial charge in [0.1, 0.15) is 18.8 Å². The number of aliphatic hydroxyl groups excluding tert-OH is 1. The van der Waals surface area contributed by atoms with E-state index in [0.717, 1.165) is 0 Å². The van der Waals surface area contributed by atoms with Crippen molar-refractivity contribution in [1.82, 2.24) is 0 Å². The van der Waals surface area contributed by atoms with Gasteiger partial charge in [-0.05, 0) is 24.3 Å². The van der Waals surface area contributed by atoms with E-state index in [0.29, 0.717) is 11.1 Å². The predicted molar refractivity (Wildman–Crippen MR) is 102 cm³/mol. The first-order chi connectivity index (χ1) is 13.4. The lowest BCUT2D eigenvalue weighted by atomic mass is 9.86. The summed E-state index contributed by atoms with van der Waals surface area (Å²) < 4.78 is 10.5. The lowest BCUT2D eigenvalue weighted by molar-refractivity contribution is -0.131. The van der Waals surface area contributed by atoms with Crippen LogP contribution < -0.4 is 0 Å². The second-order valence-electron chi connectivity index (χ2n) is 6.41. The number of benzene rings is 2. The van der Waals surface area contributed by atoms with Gasteiger partial charge in [0.2, 0.25) is 0 Å². The number of ether oxygens (including phenoxy) is 2. The molecule has 0 unspecified atom stereocenters. The minimum Gasteiger partial charge on any atom is -0.459 e. The van der Waals surface area contributed by atoms with Gasteiger partial charge in [-0.2, -0.15) is 0 Å². The van der Waals surface area contributed by atoms with Crippen LogP contribution >= 0.6 is 11.6 Å². The molecule has 7 heteroatoms. The molecule has 0 spiro atoms. The Morgan fingerprint density at radius 3 is 2.11 bits per heavy atom. The first-order valence-electron chi connectivity index (χ1n) is 8.66. The number of rotatable bonds is 5. The summed E-state index contributed by atoms with van der Waals surface area (Å²) in [6, 6.07) is 16.5. The quantitative estimate of drug-likeness (QED) is 0.747. The Bertz CT molecular complexity index is 867. The third-order valence-electron chi connectivity index (χ3n) is 4.49. The summed E-state index contributed by atoms with van der Waals surface area (Å²) in [7, 11) is 0. The third kappa shape index (κ3) is 4.25. The van der Waals surface area contributed by atoms with Gasteiger partial charge in [-0.25, -0.2) is 9.59 Å². The highest BCUT2D eigenvalue weighted by molar-refractivity contribution is 6.30. The van der Waals surface area contributed by atoms with Crippen LogP contribution in [0.3, 0.4) is 0 Å². The molecule has 0 saturated heterocycles. The zero-order chi connectivity index (χ0) is 20.1. The van der Waals surface area contributed by atoms with Crippen LogP contribution in [0.15, 0.2) is 71.8 Å². The lowest BCUT2D eigenvalue weighted by Gasteiger charge is -2.39. The average Bonchev–Trinajstić information content (AvgIpc) is 2.74. The Hall–Kier alpha value is -2.67. The summed E-state index contributed by atoms with van der Waals surface area (Å²) in [6.07, 6.45) is -1.06. The Balaban J connectivity index is 1.69. The van der Waals surface area contributed by atoms with Crippen LogP contribution in [0.25, 0.3) is 0 Å². The van der Waals surface area contributed by atoms with Gasteiger partial charge in [0.05, 0.1) is 16.2 Å². The molecule has 2 aromatic carbocycles. The van der Waals surface area contributed by atoms with Gasteiger partial charge in [-0.15, -0.1) is 0 Å². The summed E-state index contributed by atoms with van der Waals surface area (Å²) in [5, 5.41) is 21.4. The van der Waals surface area contributed by atoms with Gasteiger partial charge < -0.3 is 19.7 Å². The van der Waals surface area contributed by atoms with Crippen LogP contribution in [-0.4, -0.2) is 46.6 Å². The molecule has 28 heavy (non-hydrogen) atoms. The highest BCUT2D eigenvalue weighted by atomic mass is 35.5. The standard InChI is InChI=1S/C21H19ClO6/c22-17-12-11-16(28-20(25)15-9-5-2-6-10-15)18(23)21(17,26)13-27-19(24)14-7-3-1-4-8-14/h1-10,12,16,18,23,26H,11,13H2/t16-,18+,21-/m1/s1. The van der Waals surface area contributed by atoms with Gasteiger partial charge >= 0.3 is 11.9 Å². The minimum absolute atomic E-state index is 0.0760. The van der Waals surface area contributed by atoms with Gasteiger partial charge in [0.15, 0.2) is 5.60 Å². The number of hydrogen-bond donors (Lipinski definition) is 2. The van der Waals surface area contributed by atoms with Gasteiger partial charge in [0.25, 0.3) is 0 Å². The third-order valence-corrected chi connectivity index (χ3v) is 4.97. The molecular weight excluding hydrogens is 384 g/mol. The number of halogens is 1. The molecule has 0 aliphatic heterocycles. The molecule has 2 N–H and O–H groups in total. The van der Waals surface area contributed by atoms with Crippen molar-refractivity contribution in [2.24, 2.45) is 0 Å². The maximum Gasteiger partial charge on any atom is 0.338 e. The highest BCUT2D eigenvalue weighted by Crippen LogP contribution is 2.34. The molecular formula is C21H19ClO6. The van der Waals surface area contributed by atoms with Gasteiger partial charge in [-0.3, -0.25) is 0 Å². The Morgan fingerprint density at radius 1 is 1.00 bits per heavy atom. The zero-order valence-electron chi connectivity index (χ0n) is 14.8. The number of carbonyl (C=O) groups excluding carboxylic acids is 2. The molecule has 1 aliphatic carbocycles. The Morgan fingerprint density at radius 2 is 1.54 bits per heavy atom. The molecule has 0 amide bonds. The van der Waals surface area contributed by atoms with Crippen molar-refractivity contribution < 1.29 is 29.3 Å². The highest BCUT2D eigenvalue weighted by Gasteiger charge is 2.48. The van der Waals surface area contributed by atoms with E-state index in [9.17, 15) is 19.8 Å². The number of carbonyl (C=O) groups is 2. The summed E-state index contributed by atoms with van der Waals surface area (Å²) in [6.45, 7) is -0.587. The molecule has 0 radical (unpaired) electrons. The molecule has 6 nitrogen and oxygen atoms in total. The summed E-state index contributed by atoms with van der Waals surface area (Å²) in [5.74, 6) is -1.31. The minimum atomic E-state index is -2.08. The van der Waals surface area contributed by atoms with Gasteiger partial charge in [-0.1, -0.05) is 54.1 Å². The fraction of sp³-hybridized carbons (Fsp3) is 0.238. The molecule has 0 fully saturated rings.